The molecule has 1 unspecified atom stereocenters. The first-order valence-electron chi connectivity index (χ1n) is 17.5. The molecule has 0 bridgehead atoms. The summed E-state index contributed by atoms with van der Waals surface area (Å²) in [6.45, 7) is 9.53. The number of ether oxygens (including phenoxy) is 1. The van der Waals surface area contributed by atoms with Crippen molar-refractivity contribution in [2.24, 2.45) is 5.92 Å². The highest BCUT2D eigenvalue weighted by atomic mass is 32.3. The van der Waals surface area contributed by atoms with Gasteiger partial charge in [0.15, 0.2) is 10.0 Å². The largest absolute Gasteiger partial charge is 0.480 e. The molecule has 2 aliphatic rings. The van der Waals surface area contributed by atoms with Crippen molar-refractivity contribution in [1.82, 2.24) is 0 Å². The zero-order valence-electron chi connectivity index (χ0n) is 31.0. The van der Waals surface area contributed by atoms with Crippen LogP contribution in [-0.2, 0) is 36.2 Å². The molecular weight excluding hydrogens is 768 g/mol. The summed E-state index contributed by atoms with van der Waals surface area (Å²) in [5.74, 6) is -0.301. The Labute approximate surface area is 322 Å². The van der Waals surface area contributed by atoms with Gasteiger partial charge in [0, 0.05) is 62.3 Å². The van der Waals surface area contributed by atoms with Gasteiger partial charge in [-0.25, -0.2) is 21.8 Å². The van der Waals surface area contributed by atoms with E-state index in [0.29, 0.717) is 34.1 Å². The van der Waals surface area contributed by atoms with E-state index >= 15 is 0 Å². The van der Waals surface area contributed by atoms with Crippen LogP contribution in [0.1, 0.15) is 42.5 Å². The van der Waals surface area contributed by atoms with E-state index in [1.807, 2.05) is 64.1 Å². The van der Waals surface area contributed by atoms with Gasteiger partial charge in [-0.05, 0) is 57.0 Å². The third-order valence-corrected chi connectivity index (χ3v) is 12.5. The minimum absolute atomic E-state index is 0.0242. The first-order chi connectivity index (χ1) is 26.4. The number of alkyl halides is 3. The van der Waals surface area contributed by atoms with Gasteiger partial charge in [0.05, 0.1) is 16.9 Å². The van der Waals surface area contributed by atoms with E-state index in [-0.39, 0.29) is 41.0 Å². The highest BCUT2D eigenvalue weighted by molar-refractivity contribution is 8.12. The molecule has 1 heterocycles. The molecule has 0 aromatic heterocycles. The van der Waals surface area contributed by atoms with E-state index in [1.165, 1.54) is 18.2 Å². The highest BCUT2D eigenvalue weighted by Crippen LogP contribution is 2.44. The van der Waals surface area contributed by atoms with E-state index in [2.05, 4.69) is 14.4 Å². The Morgan fingerprint density at radius 2 is 1.54 bits per heavy atom. The van der Waals surface area contributed by atoms with Gasteiger partial charge in [0.25, 0.3) is 0 Å². The summed E-state index contributed by atoms with van der Waals surface area (Å²) in [6.07, 6.45) is 0.635. The molecule has 4 aromatic carbocycles. The number of carbonyl (C=O) groups is 1. The van der Waals surface area contributed by atoms with Gasteiger partial charge in [0.1, 0.15) is 28.0 Å². The second kappa shape index (κ2) is 15.6. The van der Waals surface area contributed by atoms with Crippen LogP contribution in [0.25, 0.3) is 37.5 Å². The van der Waals surface area contributed by atoms with Gasteiger partial charge in [-0.15, -0.1) is 0 Å². The maximum absolute atomic E-state index is 13.4. The Bertz CT molecular complexity index is 2730. The molecule has 0 radical (unpaired) electrons. The zero-order chi connectivity index (χ0) is 40.6. The van der Waals surface area contributed by atoms with E-state index in [0.717, 1.165) is 34.0 Å². The smallest absolute Gasteiger partial charge is 0.461 e. The SMILES string of the molecule is CCC(C)C(=O)OCc1cccc(C)c1Nc1ccc2c(-c3ccccc3S(=O)(=O)[N-]S(=O)(=O)C(F)(F)F)c3ccc(=[NH+]c4c(C)cccc4C)cc-3oc2c1. The first kappa shape index (κ1) is 40.2. The summed E-state index contributed by atoms with van der Waals surface area (Å²) in [5, 5.41) is 4.39. The van der Waals surface area contributed by atoms with Crippen LogP contribution in [0.2, 0.25) is 0 Å². The number of nitrogens with zero attached hydrogens (tertiary/aromatic N) is 1. The van der Waals surface area contributed by atoms with E-state index < -0.39 is 30.5 Å². The number of halogens is 3. The van der Waals surface area contributed by atoms with Gasteiger partial charge in [-0.1, -0.05) is 68.4 Å². The topological polar surface area (TPSA) is 148 Å². The second-order valence-corrected chi connectivity index (χ2v) is 16.8. The highest BCUT2D eigenvalue weighted by Gasteiger charge is 2.41. The Hall–Kier alpha value is -5.51. The Kier molecular flexibility index (Phi) is 11.2. The molecule has 0 amide bonds. The molecule has 2 N–H and O–H groups in total. The molecule has 292 valence electrons. The van der Waals surface area contributed by atoms with Crippen LogP contribution in [-0.4, -0.2) is 28.3 Å². The number of sulfonamides is 2. The lowest BCUT2D eigenvalue weighted by molar-refractivity contribution is -0.403. The summed E-state index contributed by atoms with van der Waals surface area (Å²) < 4.78 is 105. The van der Waals surface area contributed by atoms with Crippen molar-refractivity contribution in [3.05, 3.63) is 129 Å². The number of para-hydroxylation sites is 2. The normalized spacial score (nSPS) is 13.2. The Balaban J connectivity index is 1.55. The number of carbonyl (C=O) groups excluding carboxylic acids is 1. The average molecular weight is 806 g/mol. The lowest BCUT2D eigenvalue weighted by Gasteiger charge is -2.25. The number of hydrogen-bond donors (Lipinski definition) is 2. The van der Waals surface area contributed by atoms with Crippen LogP contribution in [0.3, 0.4) is 0 Å². The van der Waals surface area contributed by atoms with Gasteiger partial charge >= 0.3 is 11.5 Å². The fourth-order valence-electron chi connectivity index (χ4n) is 6.23. The van der Waals surface area contributed by atoms with Crippen LogP contribution in [0.4, 0.5) is 30.2 Å². The number of rotatable bonds is 11. The predicted molar refractivity (Wildman–Crippen MR) is 207 cm³/mol. The molecule has 10 nitrogen and oxygen atoms in total. The summed E-state index contributed by atoms with van der Waals surface area (Å²) >= 11 is 0. The number of anilines is 2. The number of esters is 1. The van der Waals surface area contributed by atoms with Crippen molar-refractivity contribution in [3.63, 3.8) is 0 Å². The number of hydrogen-bond acceptors (Lipinski definition) is 8. The Morgan fingerprint density at radius 1 is 0.857 bits per heavy atom. The van der Waals surface area contributed by atoms with Crippen molar-refractivity contribution in [2.45, 2.75) is 58.1 Å². The summed E-state index contributed by atoms with van der Waals surface area (Å²) in [6, 6.07) is 26.7. The lowest BCUT2D eigenvalue weighted by Crippen LogP contribution is -2.71. The maximum atomic E-state index is 13.4. The molecule has 0 saturated carbocycles. The summed E-state index contributed by atoms with van der Waals surface area (Å²) in [4.78, 5) is 15.1. The molecule has 56 heavy (non-hydrogen) atoms. The van der Waals surface area contributed by atoms with E-state index in [1.54, 1.807) is 43.3 Å². The van der Waals surface area contributed by atoms with Crippen LogP contribution >= 0.6 is 0 Å². The van der Waals surface area contributed by atoms with E-state index in [9.17, 15) is 34.8 Å². The minimum Gasteiger partial charge on any atom is -0.461 e. The third kappa shape index (κ3) is 8.20. The van der Waals surface area contributed by atoms with Crippen molar-refractivity contribution < 1.29 is 48.9 Å². The van der Waals surface area contributed by atoms with Gasteiger partial charge < -0.3 is 18.6 Å². The van der Waals surface area contributed by atoms with Crippen LogP contribution in [0, 0.1) is 26.7 Å². The lowest BCUT2D eigenvalue weighted by atomic mass is 9.93. The number of benzene rings is 5. The number of nitrogens with one attached hydrogen (secondary N) is 2. The van der Waals surface area contributed by atoms with E-state index in [4.69, 9.17) is 9.15 Å². The Morgan fingerprint density at radius 3 is 2.23 bits per heavy atom. The summed E-state index contributed by atoms with van der Waals surface area (Å²) in [7, 11) is -11.8. The molecule has 4 aromatic rings. The molecule has 0 saturated heterocycles. The molecule has 0 fully saturated rings. The van der Waals surface area contributed by atoms with Crippen LogP contribution in [0.15, 0.2) is 106 Å². The van der Waals surface area contributed by atoms with Crippen molar-refractivity contribution in [2.75, 3.05) is 5.32 Å². The van der Waals surface area contributed by atoms with Crippen LogP contribution < -0.4 is 15.7 Å². The molecule has 6 rings (SSSR count). The number of aryl methyl sites for hydroxylation is 3. The average Bonchev–Trinajstić information content (AvgIpc) is 3.14. The zero-order valence-corrected chi connectivity index (χ0v) is 32.6. The van der Waals surface area contributed by atoms with Gasteiger partial charge in [-0.2, -0.15) is 13.2 Å². The minimum atomic E-state index is -6.41. The van der Waals surface area contributed by atoms with Gasteiger partial charge in [-0.3, -0.25) is 4.79 Å². The molecular formula is C41H38F3N3O7S2. The standard InChI is InChI=1S/C41H37F3N3O7S2/c1-6-24(2)40(48)53-23-28-14-10-13-27(5)39(28)46-30-18-20-32-35(22-30)54-34-21-29(45-38-25(3)11-9-12-26(38)4)17-19-31(34)37(32)33-15-7-8-16-36(33)55(49,50)47-56(51,52)41(42,43)44/h7-22,24H,6,23H2,1-5H3,(H,45,46)/q-1/p+1. The molecule has 1 aliphatic heterocycles. The molecule has 1 atom stereocenters. The first-order valence-corrected chi connectivity index (χ1v) is 20.4. The monoisotopic (exact) mass is 805 g/mol. The number of fused-ring (bicyclic) bond motifs is 2. The second-order valence-electron chi connectivity index (χ2n) is 13.4. The molecule has 15 heteroatoms. The predicted octanol–water partition coefficient (Wildman–Crippen LogP) is 8.19. The molecule has 0 spiro atoms. The molecule has 1 aliphatic carbocycles. The van der Waals surface area contributed by atoms with Crippen molar-refractivity contribution >= 4 is 54.0 Å². The fraction of sp³-hybridized carbons (Fsp3) is 0.220. The third-order valence-electron chi connectivity index (χ3n) is 9.41. The van der Waals surface area contributed by atoms with Crippen molar-refractivity contribution in [3.8, 4) is 22.5 Å². The summed E-state index contributed by atoms with van der Waals surface area (Å²) in [5.41, 5.74) is 0.510. The quantitative estimate of drug-likeness (QED) is 0.0985. The fourth-order valence-corrected chi connectivity index (χ4v) is 8.62. The van der Waals surface area contributed by atoms with Crippen molar-refractivity contribution in [1.29, 1.82) is 0 Å². The van der Waals surface area contributed by atoms with Gasteiger partial charge in [0.2, 0.25) is 11.0 Å². The van der Waals surface area contributed by atoms with Crippen LogP contribution in [0.5, 0.6) is 0 Å². The maximum Gasteiger partial charge on any atom is 0.480 e.